The number of aromatic nitrogens is 3. The molecule has 96 valence electrons. The van der Waals surface area contributed by atoms with Gasteiger partial charge in [0.15, 0.2) is 0 Å². The fourth-order valence-corrected chi connectivity index (χ4v) is 2.32. The Balaban J connectivity index is 2.01. The Labute approximate surface area is 102 Å². The average molecular weight is 238 g/mol. The Kier molecular flexibility index (Phi) is 3.79. The molecule has 2 N–H and O–H groups in total. The summed E-state index contributed by atoms with van der Waals surface area (Å²) in [6, 6.07) is 0.329. The molecule has 0 aliphatic heterocycles. The number of methoxy groups -OCH3 is 1. The molecule has 0 radical (unpaired) electrons. The molecule has 0 amide bonds. The Hall–Kier alpha value is -0.940. The van der Waals surface area contributed by atoms with Crippen molar-refractivity contribution >= 4 is 0 Å². The molecule has 0 spiro atoms. The summed E-state index contributed by atoms with van der Waals surface area (Å²) in [5.41, 5.74) is 6.22. The molecule has 1 aliphatic rings. The van der Waals surface area contributed by atoms with Crippen molar-refractivity contribution < 1.29 is 4.74 Å². The van der Waals surface area contributed by atoms with Crippen LogP contribution in [0, 0.1) is 5.92 Å². The second kappa shape index (κ2) is 5.14. The number of rotatable bonds is 6. The third-order valence-electron chi connectivity index (χ3n) is 3.34. The molecule has 5 heteroatoms. The summed E-state index contributed by atoms with van der Waals surface area (Å²) >= 11 is 0. The van der Waals surface area contributed by atoms with Gasteiger partial charge in [0.2, 0.25) is 0 Å². The van der Waals surface area contributed by atoms with Gasteiger partial charge < -0.3 is 10.5 Å². The van der Waals surface area contributed by atoms with E-state index in [2.05, 4.69) is 23.9 Å². The standard InChI is InChI=1S/C12H22N4O/c1-8(2)16-11(14-7-15-16)6-10(13)12(17-3)9-4-5-9/h7-10,12H,4-6,13H2,1-3H3. The quantitative estimate of drug-likeness (QED) is 0.807. The van der Waals surface area contributed by atoms with Gasteiger partial charge in [-0.05, 0) is 32.6 Å². The van der Waals surface area contributed by atoms with Gasteiger partial charge in [0.05, 0.1) is 6.10 Å². The Bertz CT molecular complexity index is 359. The minimum absolute atomic E-state index is 0.00852. The van der Waals surface area contributed by atoms with Crippen molar-refractivity contribution in [2.45, 2.75) is 51.3 Å². The summed E-state index contributed by atoms with van der Waals surface area (Å²) in [5, 5.41) is 4.22. The van der Waals surface area contributed by atoms with Crippen LogP contribution >= 0.6 is 0 Å². The second-order valence-electron chi connectivity index (χ2n) is 5.12. The summed E-state index contributed by atoms with van der Waals surface area (Å²) in [6.07, 6.45) is 4.97. The zero-order chi connectivity index (χ0) is 12.4. The third-order valence-corrected chi connectivity index (χ3v) is 3.34. The minimum atomic E-state index is 0.00852. The second-order valence-corrected chi connectivity index (χ2v) is 5.12. The van der Waals surface area contributed by atoms with Gasteiger partial charge in [-0.15, -0.1) is 0 Å². The topological polar surface area (TPSA) is 66.0 Å². The van der Waals surface area contributed by atoms with Crippen LogP contribution in [0.3, 0.4) is 0 Å². The van der Waals surface area contributed by atoms with Gasteiger partial charge in [0.1, 0.15) is 12.2 Å². The lowest BCUT2D eigenvalue weighted by atomic mass is 10.0. The van der Waals surface area contributed by atoms with E-state index in [-0.39, 0.29) is 12.1 Å². The first-order valence-electron chi connectivity index (χ1n) is 6.30. The van der Waals surface area contributed by atoms with Crippen LogP contribution in [0.4, 0.5) is 0 Å². The lowest BCUT2D eigenvalue weighted by Crippen LogP contribution is -2.40. The van der Waals surface area contributed by atoms with Gasteiger partial charge in [-0.1, -0.05) is 0 Å². The molecule has 1 aromatic heterocycles. The molecule has 0 aromatic carbocycles. The number of nitrogens with zero attached hydrogens (tertiary/aromatic N) is 3. The highest BCUT2D eigenvalue weighted by Crippen LogP contribution is 2.35. The SMILES string of the molecule is COC(C(N)Cc1ncnn1C(C)C)C1CC1. The predicted molar refractivity (Wildman–Crippen MR) is 65.6 cm³/mol. The lowest BCUT2D eigenvalue weighted by Gasteiger charge is -2.22. The number of ether oxygens (including phenoxy) is 1. The molecular weight excluding hydrogens is 216 g/mol. The molecular formula is C12H22N4O. The third kappa shape index (κ3) is 2.84. The normalized spacial score (nSPS) is 19.6. The van der Waals surface area contributed by atoms with E-state index in [1.54, 1.807) is 13.4 Å². The highest BCUT2D eigenvalue weighted by atomic mass is 16.5. The molecule has 1 fully saturated rings. The largest absolute Gasteiger partial charge is 0.380 e. The molecule has 1 heterocycles. The van der Waals surface area contributed by atoms with E-state index in [9.17, 15) is 0 Å². The fraction of sp³-hybridized carbons (Fsp3) is 0.833. The van der Waals surface area contributed by atoms with Gasteiger partial charge in [0.25, 0.3) is 0 Å². The highest BCUT2D eigenvalue weighted by molar-refractivity contribution is 4.96. The minimum Gasteiger partial charge on any atom is -0.380 e. The Morgan fingerprint density at radius 3 is 2.76 bits per heavy atom. The van der Waals surface area contributed by atoms with E-state index in [4.69, 9.17) is 10.5 Å². The van der Waals surface area contributed by atoms with Crippen LogP contribution < -0.4 is 5.73 Å². The number of hydrogen-bond acceptors (Lipinski definition) is 4. The zero-order valence-corrected chi connectivity index (χ0v) is 10.8. The van der Waals surface area contributed by atoms with Crippen LogP contribution in [0.5, 0.6) is 0 Å². The number of hydrogen-bond donors (Lipinski definition) is 1. The molecule has 1 saturated carbocycles. The Morgan fingerprint density at radius 1 is 1.53 bits per heavy atom. The van der Waals surface area contributed by atoms with Crippen molar-refractivity contribution in [1.29, 1.82) is 0 Å². The fourth-order valence-electron chi connectivity index (χ4n) is 2.32. The van der Waals surface area contributed by atoms with Crippen LogP contribution in [0.1, 0.15) is 38.6 Å². The maximum atomic E-state index is 6.22. The predicted octanol–water partition coefficient (Wildman–Crippen LogP) is 1.15. The van der Waals surface area contributed by atoms with Crippen molar-refractivity contribution in [3.63, 3.8) is 0 Å². The number of nitrogens with two attached hydrogens (primary N) is 1. The summed E-state index contributed by atoms with van der Waals surface area (Å²) in [4.78, 5) is 4.29. The van der Waals surface area contributed by atoms with Crippen molar-refractivity contribution in [2.75, 3.05) is 7.11 Å². The van der Waals surface area contributed by atoms with Crippen molar-refractivity contribution in [1.82, 2.24) is 14.8 Å². The molecule has 0 bridgehead atoms. The Morgan fingerprint density at radius 2 is 2.24 bits per heavy atom. The van der Waals surface area contributed by atoms with E-state index in [1.807, 2.05) is 4.68 Å². The van der Waals surface area contributed by atoms with E-state index < -0.39 is 0 Å². The molecule has 2 unspecified atom stereocenters. The van der Waals surface area contributed by atoms with Gasteiger partial charge in [-0.3, -0.25) is 0 Å². The molecule has 2 atom stereocenters. The van der Waals surface area contributed by atoms with Crippen LogP contribution in [-0.2, 0) is 11.2 Å². The maximum absolute atomic E-state index is 6.22. The summed E-state index contributed by atoms with van der Waals surface area (Å²) < 4.78 is 7.43. The van der Waals surface area contributed by atoms with Gasteiger partial charge in [0, 0.05) is 25.6 Å². The molecule has 17 heavy (non-hydrogen) atoms. The van der Waals surface area contributed by atoms with Crippen LogP contribution in [-0.4, -0.2) is 34.0 Å². The molecule has 5 nitrogen and oxygen atoms in total. The van der Waals surface area contributed by atoms with E-state index in [0.717, 1.165) is 12.2 Å². The smallest absolute Gasteiger partial charge is 0.138 e. The highest BCUT2D eigenvalue weighted by Gasteiger charge is 2.35. The first-order chi connectivity index (χ1) is 8.13. The van der Waals surface area contributed by atoms with Crippen LogP contribution in [0.25, 0.3) is 0 Å². The average Bonchev–Trinajstić information content (AvgIpc) is 2.98. The van der Waals surface area contributed by atoms with E-state index in [1.165, 1.54) is 12.8 Å². The van der Waals surface area contributed by atoms with Crippen LogP contribution in [0.2, 0.25) is 0 Å². The van der Waals surface area contributed by atoms with Crippen molar-refractivity contribution in [2.24, 2.45) is 11.7 Å². The van der Waals surface area contributed by atoms with E-state index in [0.29, 0.717) is 12.0 Å². The van der Waals surface area contributed by atoms with Crippen LogP contribution in [0.15, 0.2) is 6.33 Å². The molecule has 0 saturated heterocycles. The molecule has 1 aromatic rings. The summed E-state index contributed by atoms with van der Waals surface area (Å²) in [6.45, 7) is 4.19. The first-order valence-corrected chi connectivity index (χ1v) is 6.30. The molecule has 2 rings (SSSR count). The van der Waals surface area contributed by atoms with Crippen molar-refractivity contribution in [3.05, 3.63) is 12.2 Å². The summed E-state index contributed by atoms with van der Waals surface area (Å²) in [5.74, 6) is 1.60. The summed E-state index contributed by atoms with van der Waals surface area (Å²) in [7, 11) is 1.75. The first kappa shape index (κ1) is 12.5. The van der Waals surface area contributed by atoms with Gasteiger partial charge in [-0.25, -0.2) is 9.67 Å². The van der Waals surface area contributed by atoms with E-state index >= 15 is 0 Å². The monoisotopic (exact) mass is 238 g/mol. The lowest BCUT2D eigenvalue weighted by molar-refractivity contribution is 0.0617. The zero-order valence-electron chi connectivity index (χ0n) is 10.8. The van der Waals surface area contributed by atoms with Gasteiger partial charge in [-0.2, -0.15) is 5.10 Å². The van der Waals surface area contributed by atoms with Gasteiger partial charge >= 0.3 is 0 Å². The maximum Gasteiger partial charge on any atom is 0.138 e. The molecule has 1 aliphatic carbocycles. The van der Waals surface area contributed by atoms with Crippen molar-refractivity contribution in [3.8, 4) is 0 Å².